The van der Waals surface area contributed by atoms with Gasteiger partial charge in [-0.05, 0) is 57.7 Å². The summed E-state index contributed by atoms with van der Waals surface area (Å²) in [5.41, 5.74) is 2.62. The molecule has 0 radical (unpaired) electrons. The maximum absolute atomic E-state index is 13.2. The fourth-order valence-corrected chi connectivity index (χ4v) is 4.02. The van der Waals surface area contributed by atoms with Crippen molar-refractivity contribution in [2.75, 3.05) is 39.2 Å². The maximum Gasteiger partial charge on any atom is 0.260 e. The largest absolute Gasteiger partial charge is 0.494 e. The lowest BCUT2D eigenvalue weighted by atomic mass is 10.2. The van der Waals surface area contributed by atoms with E-state index in [0.29, 0.717) is 17.2 Å². The molecule has 28 heavy (non-hydrogen) atoms. The molecule has 3 rings (SSSR count). The number of thiazole rings is 1. The molecule has 3 aromatic rings. The third kappa shape index (κ3) is 4.82. The molecule has 7 heteroatoms. The number of anilines is 1. The zero-order valence-corrected chi connectivity index (χ0v) is 18.3. The molecule has 0 saturated heterocycles. The molecule has 0 unspecified atom stereocenters. The number of nitrogens with zero attached hydrogens (tertiary/aromatic N) is 3. The van der Waals surface area contributed by atoms with Crippen LogP contribution in [0.25, 0.3) is 10.2 Å². The number of fused-ring (bicyclic) bond motifs is 1. The van der Waals surface area contributed by atoms with Gasteiger partial charge in [0.25, 0.3) is 5.91 Å². The number of amides is 1. The van der Waals surface area contributed by atoms with Crippen molar-refractivity contribution in [3.8, 4) is 5.75 Å². The first-order valence-corrected chi connectivity index (χ1v) is 9.78. The first-order chi connectivity index (χ1) is 13.0. The monoisotopic (exact) mass is 419 g/mol. The summed E-state index contributed by atoms with van der Waals surface area (Å²) in [7, 11) is 5.72. The number of halogens is 1. The molecule has 0 aliphatic carbocycles. The number of methoxy groups -OCH3 is 1. The molecular weight excluding hydrogens is 394 g/mol. The molecule has 1 heterocycles. The van der Waals surface area contributed by atoms with Crippen molar-refractivity contribution in [2.24, 2.45) is 0 Å². The van der Waals surface area contributed by atoms with Crippen molar-refractivity contribution in [3.63, 3.8) is 0 Å². The van der Waals surface area contributed by atoms with E-state index < -0.39 is 0 Å². The van der Waals surface area contributed by atoms with Gasteiger partial charge in [0.05, 0.1) is 11.8 Å². The van der Waals surface area contributed by atoms with Crippen LogP contribution in [0, 0.1) is 6.92 Å². The second kappa shape index (κ2) is 9.87. The SMILES string of the molecule is COc1ccc(C)c2sc(N(CCCN(C)C)C(=O)c3ccccc3)nc12.Cl. The minimum atomic E-state index is -0.0231. The lowest BCUT2D eigenvalue weighted by molar-refractivity contribution is 0.0986. The van der Waals surface area contributed by atoms with E-state index in [1.807, 2.05) is 56.6 Å². The van der Waals surface area contributed by atoms with Crippen LogP contribution in [-0.4, -0.2) is 50.1 Å². The van der Waals surface area contributed by atoms with Crippen molar-refractivity contribution in [3.05, 3.63) is 53.6 Å². The molecule has 2 aromatic carbocycles. The summed E-state index contributed by atoms with van der Waals surface area (Å²) in [6, 6.07) is 13.3. The molecule has 0 aliphatic rings. The molecule has 0 fully saturated rings. The van der Waals surface area contributed by atoms with E-state index in [2.05, 4.69) is 11.8 Å². The van der Waals surface area contributed by atoms with Crippen molar-refractivity contribution in [1.29, 1.82) is 0 Å². The molecule has 0 saturated carbocycles. The van der Waals surface area contributed by atoms with Crippen molar-refractivity contribution >= 4 is 45.0 Å². The third-order valence-corrected chi connectivity index (χ3v) is 5.61. The van der Waals surface area contributed by atoms with Crippen LogP contribution in [0.1, 0.15) is 22.3 Å². The summed E-state index contributed by atoms with van der Waals surface area (Å²) >= 11 is 1.54. The van der Waals surface area contributed by atoms with Gasteiger partial charge in [0, 0.05) is 12.1 Å². The van der Waals surface area contributed by atoms with Crippen LogP contribution < -0.4 is 9.64 Å². The summed E-state index contributed by atoms with van der Waals surface area (Å²) < 4.78 is 6.53. The van der Waals surface area contributed by atoms with Gasteiger partial charge in [-0.3, -0.25) is 9.69 Å². The van der Waals surface area contributed by atoms with E-state index in [1.54, 1.807) is 23.3 Å². The topological polar surface area (TPSA) is 45.7 Å². The van der Waals surface area contributed by atoms with Gasteiger partial charge >= 0.3 is 0 Å². The van der Waals surface area contributed by atoms with E-state index in [4.69, 9.17) is 9.72 Å². The van der Waals surface area contributed by atoms with Gasteiger partial charge in [0.2, 0.25) is 0 Å². The summed E-state index contributed by atoms with van der Waals surface area (Å²) in [6.07, 6.45) is 0.873. The number of aryl methyl sites for hydroxylation is 1. The van der Waals surface area contributed by atoms with Gasteiger partial charge in [-0.2, -0.15) is 0 Å². The molecule has 0 bridgehead atoms. The molecule has 150 valence electrons. The highest BCUT2D eigenvalue weighted by atomic mass is 35.5. The van der Waals surface area contributed by atoms with Crippen LogP contribution in [-0.2, 0) is 0 Å². The van der Waals surface area contributed by atoms with Crippen LogP contribution in [0.5, 0.6) is 5.75 Å². The zero-order chi connectivity index (χ0) is 19.4. The maximum atomic E-state index is 13.2. The molecule has 5 nitrogen and oxygen atoms in total. The summed E-state index contributed by atoms with van der Waals surface area (Å²) in [4.78, 5) is 21.9. The van der Waals surface area contributed by atoms with Crippen LogP contribution in [0.4, 0.5) is 5.13 Å². The van der Waals surface area contributed by atoms with Crippen LogP contribution >= 0.6 is 23.7 Å². The molecule has 0 aliphatic heterocycles. The average Bonchev–Trinajstić information content (AvgIpc) is 3.11. The molecule has 1 amide bonds. The van der Waals surface area contributed by atoms with Crippen LogP contribution in [0.15, 0.2) is 42.5 Å². The van der Waals surface area contributed by atoms with E-state index in [-0.39, 0.29) is 18.3 Å². The standard InChI is InChI=1S/C21H25N3O2S.ClH/c1-15-11-12-17(26-4)18-19(15)27-21(22-18)24(14-8-13-23(2)3)20(25)16-9-6-5-7-10-16;/h5-7,9-12H,8,13-14H2,1-4H3;1H. The number of aromatic nitrogens is 1. The number of hydrogen-bond acceptors (Lipinski definition) is 5. The van der Waals surface area contributed by atoms with Gasteiger partial charge in [0.15, 0.2) is 5.13 Å². The highest BCUT2D eigenvalue weighted by molar-refractivity contribution is 7.22. The van der Waals surface area contributed by atoms with E-state index in [1.165, 1.54) is 0 Å². The minimum Gasteiger partial charge on any atom is -0.494 e. The molecule has 1 aromatic heterocycles. The number of ether oxygens (including phenoxy) is 1. The Labute approximate surface area is 176 Å². The first kappa shape index (κ1) is 22.1. The Morgan fingerprint density at radius 2 is 1.82 bits per heavy atom. The summed E-state index contributed by atoms with van der Waals surface area (Å²) in [5, 5.41) is 0.713. The number of benzene rings is 2. The Hall–Kier alpha value is -2.15. The quantitative estimate of drug-likeness (QED) is 0.560. The van der Waals surface area contributed by atoms with E-state index >= 15 is 0 Å². The molecule has 0 spiro atoms. The predicted molar refractivity (Wildman–Crippen MR) is 119 cm³/mol. The smallest absolute Gasteiger partial charge is 0.260 e. The predicted octanol–water partition coefficient (Wildman–Crippen LogP) is 4.63. The molecule has 0 atom stereocenters. The Morgan fingerprint density at radius 1 is 1.11 bits per heavy atom. The van der Waals surface area contributed by atoms with Crippen molar-refractivity contribution < 1.29 is 9.53 Å². The first-order valence-electron chi connectivity index (χ1n) is 8.97. The Kier molecular flexibility index (Phi) is 7.80. The fourth-order valence-electron chi connectivity index (χ4n) is 2.94. The lowest BCUT2D eigenvalue weighted by Gasteiger charge is -2.21. The van der Waals surface area contributed by atoms with Crippen molar-refractivity contribution in [2.45, 2.75) is 13.3 Å². The van der Waals surface area contributed by atoms with Crippen LogP contribution in [0.3, 0.4) is 0 Å². The lowest BCUT2D eigenvalue weighted by Crippen LogP contribution is -2.33. The Morgan fingerprint density at radius 3 is 2.46 bits per heavy atom. The average molecular weight is 420 g/mol. The Bertz CT molecular complexity index is 928. The molecule has 0 N–H and O–H groups in total. The Balaban J connectivity index is 0.00000280. The number of carbonyl (C=O) groups excluding carboxylic acids is 1. The van der Waals surface area contributed by atoms with Gasteiger partial charge in [-0.25, -0.2) is 4.98 Å². The third-order valence-electron chi connectivity index (χ3n) is 4.40. The van der Waals surface area contributed by atoms with Gasteiger partial charge < -0.3 is 9.64 Å². The van der Waals surface area contributed by atoms with Crippen molar-refractivity contribution in [1.82, 2.24) is 9.88 Å². The van der Waals surface area contributed by atoms with Gasteiger partial charge in [-0.1, -0.05) is 35.6 Å². The van der Waals surface area contributed by atoms with Gasteiger partial charge in [0.1, 0.15) is 11.3 Å². The summed E-state index contributed by atoms with van der Waals surface area (Å²) in [6.45, 7) is 3.58. The minimum absolute atomic E-state index is 0. The normalized spacial score (nSPS) is 10.8. The number of hydrogen-bond donors (Lipinski definition) is 0. The number of rotatable bonds is 7. The van der Waals surface area contributed by atoms with Gasteiger partial charge in [-0.15, -0.1) is 12.4 Å². The fraction of sp³-hybridized carbons (Fsp3) is 0.333. The zero-order valence-electron chi connectivity index (χ0n) is 16.6. The second-order valence-corrected chi connectivity index (χ2v) is 7.72. The van der Waals surface area contributed by atoms with E-state index in [0.717, 1.165) is 34.5 Å². The number of carbonyl (C=O) groups is 1. The second-order valence-electron chi connectivity index (χ2n) is 6.74. The highest BCUT2D eigenvalue weighted by Crippen LogP contribution is 2.36. The highest BCUT2D eigenvalue weighted by Gasteiger charge is 2.22. The van der Waals surface area contributed by atoms with Crippen LogP contribution in [0.2, 0.25) is 0 Å². The summed E-state index contributed by atoms with van der Waals surface area (Å²) in [5.74, 6) is 0.712. The molecular formula is C21H26ClN3O2S. The van der Waals surface area contributed by atoms with E-state index in [9.17, 15) is 4.79 Å².